The number of aliphatic carboxylic acids is 1. The van der Waals surface area contributed by atoms with Crippen LogP contribution in [0.4, 0.5) is 4.79 Å². The van der Waals surface area contributed by atoms with Gasteiger partial charge in [-0.1, -0.05) is 78.9 Å². The van der Waals surface area contributed by atoms with Crippen LogP contribution in [0.25, 0.3) is 11.1 Å². The summed E-state index contributed by atoms with van der Waals surface area (Å²) in [6.07, 6.45) is 0.416. The Morgan fingerprint density at radius 2 is 1.43 bits per heavy atom. The van der Waals surface area contributed by atoms with Crippen LogP contribution >= 0.6 is 0 Å². The van der Waals surface area contributed by atoms with Crippen molar-refractivity contribution in [3.8, 4) is 11.1 Å². The standard InChI is InChI=1S/C38H44N4O7/c1-38(2,41(4)37(48)49-24-30-28-18-10-8-16-26(28)27-17-9-11-19-29(27)30)36(47)40(3)32(22-25-14-6-5-7-15-25)34(45)39-31(23-33(43)44)35(46)42-20-12-13-21-42/h5-11,14-19,30-32H,12-13,20-24H2,1-4H3,(H,39,45)(H,43,44)/t31-,32-/m0/s1. The zero-order chi connectivity index (χ0) is 35.3. The van der Waals surface area contributed by atoms with Crippen LogP contribution in [0.5, 0.6) is 0 Å². The maximum atomic E-state index is 14.2. The number of hydrogen-bond acceptors (Lipinski definition) is 6. The second kappa shape index (κ2) is 14.9. The van der Waals surface area contributed by atoms with Crippen LogP contribution in [0.15, 0.2) is 78.9 Å². The molecule has 1 fully saturated rings. The summed E-state index contributed by atoms with van der Waals surface area (Å²) in [5.74, 6) is -3.06. The molecular formula is C38H44N4O7. The Labute approximate surface area is 286 Å². The van der Waals surface area contributed by atoms with Crippen molar-refractivity contribution < 1.29 is 33.8 Å². The van der Waals surface area contributed by atoms with Gasteiger partial charge in [0.1, 0.15) is 24.2 Å². The Morgan fingerprint density at radius 3 is 2.00 bits per heavy atom. The lowest BCUT2D eigenvalue weighted by atomic mass is 9.97. The first-order chi connectivity index (χ1) is 23.4. The van der Waals surface area contributed by atoms with E-state index in [0.717, 1.165) is 40.7 Å². The van der Waals surface area contributed by atoms with Crippen LogP contribution in [-0.4, -0.2) is 101 Å². The number of carboxylic acids is 1. The minimum atomic E-state index is -1.45. The van der Waals surface area contributed by atoms with Crippen LogP contribution in [0.2, 0.25) is 0 Å². The molecule has 3 aromatic rings. The molecule has 2 atom stereocenters. The lowest BCUT2D eigenvalue weighted by Gasteiger charge is -2.39. The van der Waals surface area contributed by atoms with Crippen LogP contribution in [0.3, 0.4) is 0 Å². The molecule has 3 aromatic carbocycles. The molecule has 0 unspecified atom stereocenters. The van der Waals surface area contributed by atoms with E-state index >= 15 is 0 Å². The van der Waals surface area contributed by atoms with Gasteiger partial charge in [-0.05, 0) is 54.5 Å². The van der Waals surface area contributed by atoms with E-state index in [1.807, 2.05) is 78.9 Å². The molecule has 11 heteroatoms. The molecule has 0 aromatic heterocycles. The van der Waals surface area contributed by atoms with Crippen molar-refractivity contribution in [3.63, 3.8) is 0 Å². The summed E-state index contributed by atoms with van der Waals surface area (Å²) < 4.78 is 5.83. The molecule has 1 aliphatic carbocycles. The third kappa shape index (κ3) is 7.61. The highest BCUT2D eigenvalue weighted by Gasteiger charge is 2.43. The van der Waals surface area contributed by atoms with Crippen LogP contribution < -0.4 is 5.32 Å². The van der Waals surface area contributed by atoms with Gasteiger partial charge in [-0.25, -0.2) is 4.79 Å². The van der Waals surface area contributed by atoms with Crippen molar-refractivity contribution in [1.82, 2.24) is 20.0 Å². The number of benzene rings is 3. The molecule has 0 saturated carbocycles. The number of fused-ring (bicyclic) bond motifs is 3. The molecule has 1 heterocycles. The zero-order valence-corrected chi connectivity index (χ0v) is 28.4. The number of likely N-dealkylation sites (N-methyl/N-ethyl adjacent to an activating group) is 2. The van der Waals surface area contributed by atoms with Gasteiger partial charge in [-0.15, -0.1) is 0 Å². The molecule has 258 valence electrons. The van der Waals surface area contributed by atoms with Gasteiger partial charge in [0, 0.05) is 39.5 Å². The Hall–Kier alpha value is -5.19. The fourth-order valence-electron chi connectivity index (χ4n) is 6.68. The third-order valence-electron chi connectivity index (χ3n) is 9.75. The van der Waals surface area contributed by atoms with E-state index in [4.69, 9.17) is 4.74 Å². The predicted octanol–water partition coefficient (Wildman–Crippen LogP) is 4.30. The van der Waals surface area contributed by atoms with E-state index in [1.165, 1.54) is 23.9 Å². The van der Waals surface area contributed by atoms with Gasteiger partial charge in [-0.2, -0.15) is 0 Å². The van der Waals surface area contributed by atoms with Gasteiger partial charge in [-0.3, -0.25) is 24.1 Å². The van der Waals surface area contributed by atoms with E-state index in [1.54, 1.807) is 18.7 Å². The fraction of sp³-hybridized carbons (Fsp3) is 0.395. The smallest absolute Gasteiger partial charge is 0.410 e. The summed E-state index contributed by atoms with van der Waals surface area (Å²) >= 11 is 0. The van der Waals surface area contributed by atoms with Crippen molar-refractivity contribution in [2.45, 2.75) is 63.1 Å². The van der Waals surface area contributed by atoms with Crippen molar-refractivity contribution in [3.05, 3.63) is 95.6 Å². The van der Waals surface area contributed by atoms with Gasteiger partial charge in [0.05, 0.1) is 6.42 Å². The quantitative estimate of drug-likeness (QED) is 0.294. The molecule has 1 saturated heterocycles. The summed E-state index contributed by atoms with van der Waals surface area (Å²) in [6.45, 7) is 4.22. The van der Waals surface area contributed by atoms with Gasteiger partial charge < -0.3 is 25.0 Å². The van der Waals surface area contributed by atoms with E-state index in [9.17, 15) is 29.1 Å². The third-order valence-corrected chi connectivity index (χ3v) is 9.75. The highest BCUT2D eigenvalue weighted by molar-refractivity contribution is 5.96. The zero-order valence-electron chi connectivity index (χ0n) is 28.4. The maximum Gasteiger partial charge on any atom is 0.410 e. The number of nitrogens with zero attached hydrogens (tertiary/aromatic N) is 3. The molecule has 0 radical (unpaired) electrons. The second-order valence-electron chi connectivity index (χ2n) is 13.2. The molecule has 11 nitrogen and oxygen atoms in total. The molecular weight excluding hydrogens is 624 g/mol. The molecule has 49 heavy (non-hydrogen) atoms. The largest absolute Gasteiger partial charge is 0.481 e. The molecule has 0 bridgehead atoms. The Bertz CT molecular complexity index is 1660. The molecule has 2 aliphatic rings. The van der Waals surface area contributed by atoms with Crippen LogP contribution in [0.1, 0.15) is 55.7 Å². The second-order valence-corrected chi connectivity index (χ2v) is 13.2. The van der Waals surface area contributed by atoms with Gasteiger partial charge >= 0.3 is 12.1 Å². The average molecular weight is 669 g/mol. The Balaban J connectivity index is 1.32. The number of carboxylic acid groups (broad SMARTS) is 1. The first kappa shape index (κ1) is 35.1. The number of amides is 4. The fourth-order valence-corrected chi connectivity index (χ4v) is 6.68. The van der Waals surface area contributed by atoms with Crippen LogP contribution in [-0.2, 0) is 30.3 Å². The van der Waals surface area contributed by atoms with Crippen molar-refractivity contribution in [2.75, 3.05) is 33.8 Å². The minimum absolute atomic E-state index is 0.0758. The average Bonchev–Trinajstić information content (AvgIpc) is 3.75. The monoisotopic (exact) mass is 668 g/mol. The number of rotatable bonds is 12. The topological polar surface area (TPSA) is 137 Å². The highest BCUT2D eigenvalue weighted by atomic mass is 16.6. The molecule has 5 rings (SSSR count). The summed E-state index contributed by atoms with van der Waals surface area (Å²) in [7, 11) is 2.95. The highest BCUT2D eigenvalue weighted by Crippen LogP contribution is 2.44. The van der Waals surface area contributed by atoms with Gasteiger partial charge in [0.15, 0.2) is 0 Å². The molecule has 0 spiro atoms. The van der Waals surface area contributed by atoms with E-state index in [0.29, 0.717) is 13.1 Å². The Morgan fingerprint density at radius 1 is 0.878 bits per heavy atom. The van der Waals surface area contributed by atoms with E-state index in [-0.39, 0.29) is 18.9 Å². The number of carbonyl (C=O) groups excluding carboxylic acids is 4. The number of ether oxygens (including phenoxy) is 1. The van der Waals surface area contributed by atoms with Crippen molar-refractivity contribution >= 4 is 29.8 Å². The van der Waals surface area contributed by atoms with E-state index < -0.39 is 53.8 Å². The SMILES string of the molecule is CN(C(=O)C(C)(C)N(C)C(=O)OCC1c2ccccc2-c2ccccc21)[C@@H](Cc1ccccc1)C(=O)N[C@@H](CC(=O)O)C(=O)N1CCCC1. The predicted molar refractivity (Wildman–Crippen MR) is 184 cm³/mol. The number of hydrogen-bond donors (Lipinski definition) is 2. The molecule has 4 amide bonds. The minimum Gasteiger partial charge on any atom is -0.481 e. The number of likely N-dealkylation sites (tertiary alicyclic amines) is 1. The summed E-state index contributed by atoms with van der Waals surface area (Å²) in [5, 5.41) is 12.2. The van der Waals surface area contributed by atoms with Gasteiger partial charge in [0.25, 0.3) is 0 Å². The lowest BCUT2D eigenvalue weighted by Crippen LogP contribution is -2.61. The maximum absolute atomic E-state index is 14.2. The normalized spacial score (nSPS) is 15.1. The summed E-state index contributed by atoms with van der Waals surface area (Å²) in [5.41, 5.74) is 3.63. The Kier molecular flexibility index (Phi) is 10.7. The first-order valence-electron chi connectivity index (χ1n) is 16.6. The number of carbonyl (C=O) groups is 5. The summed E-state index contributed by atoms with van der Waals surface area (Å²) in [6, 6.07) is 22.7. The van der Waals surface area contributed by atoms with Crippen molar-refractivity contribution in [2.24, 2.45) is 0 Å². The molecule has 1 aliphatic heterocycles. The first-order valence-corrected chi connectivity index (χ1v) is 16.6. The van der Waals surface area contributed by atoms with Crippen molar-refractivity contribution in [1.29, 1.82) is 0 Å². The lowest BCUT2D eigenvalue weighted by molar-refractivity contribution is -0.148. The van der Waals surface area contributed by atoms with Crippen LogP contribution in [0, 0.1) is 0 Å². The molecule has 2 N–H and O–H groups in total. The van der Waals surface area contributed by atoms with Gasteiger partial charge in [0.2, 0.25) is 17.7 Å². The summed E-state index contributed by atoms with van der Waals surface area (Å²) in [4.78, 5) is 70.5. The van der Waals surface area contributed by atoms with E-state index in [2.05, 4.69) is 5.32 Å². The number of nitrogens with one attached hydrogen (secondary N) is 1.